The highest BCUT2D eigenvalue weighted by molar-refractivity contribution is 8.16. The van der Waals surface area contributed by atoms with E-state index in [1.54, 1.807) is 6.26 Å². The number of fused-ring (bicyclic) bond motifs is 1. The molecule has 0 unspecified atom stereocenters. The molecule has 0 aliphatic carbocycles. The number of hydrogen-bond donors (Lipinski definition) is 0. The molecule has 0 atom stereocenters. The lowest BCUT2D eigenvalue weighted by molar-refractivity contribution is 0.616. The zero-order valence-corrected chi connectivity index (χ0v) is 9.94. The normalized spacial score (nSPS) is 18.4. The Morgan fingerprint density at radius 2 is 2.00 bits per heavy atom. The highest BCUT2D eigenvalue weighted by Crippen LogP contribution is 2.44. The van der Waals surface area contributed by atoms with Crippen LogP contribution in [0.5, 0.6) is 0 Å². The van der Waals surface area contributed by atoms with Crippen molar-refractivity contribution in [2.24, 2.45) is 0 Å². The third kappa shape index (κ3) is 1.91. The molecule has 0 radical (unpaired) electrons. The van der Waals surface area contributed by atoms with Gasteiger partial charge in [-0.25, -0.2) is 0 Å². The maximum Gasteiger partial charge on any atom is 0.133 e. The second-order valence-corrected chi connectivity index (χ2v) is 6.37. The summed E-state index contributed by atoms with van der Waals surface area (Å²) in [7, 11) is 0. The van der Waals surface area contributed by atoms with E-state index in [1.165, 1.54) is 28.9 Å². The van der Waals surface area contributed by atoms with E-state index in [2.05, 4.69) is 41.7 Å². The summed E-state index contributed by atoms with van der Waals surface area (Å²) in [6, 6.07) is 8.58. The van der Waals surface area contributed by atoms with Gasteiger partial charge < -0.3 is 4.42 Å². The lowest BCUT2D eigenvalue weighted by atomic mass is 10.2. The van der Waals surface area contributed by atoms with Crippen molar-refractivity contribution in [1.82, 2.24) is 0 Å². The van der Waals surface area contributed by atoms with Crippen molar-refractivity contribution in [1.29, 1.82) is 0 Å². The molecule has 1 aromatic carbocycles. The second-order valence-electron chi connectivity index (χ2n) is 3.64. The van der Waals surface area contributed by atoms with E-state index in [0.29, 0.717) is 4.58 Å². The highest BCUT2D eigenvalue weighted by Gasteiger charge is 2.16. The number of benzene rings is 1. The number of hydrogen-bond acceptors (Lipinski definition) is 3. The minimum absolute atomic E-state index is 0.623. The first-order chi connectivity index (χ1) is 7.43. The Morgan fingerprint density at radius 1 is 1.13 bits per heavy atom. The Bertz CT molecular complexity index is 457. The molecule has 78 valence electrons. The maximum atomic E-state index is 5.35. The predicted molar refractivity (Wildman–Crippen MR) is 68.5 cm³/mol. The molecule has 1 nitrogen and oxygen atoms in total. The number of rotatable bonds is 1. The molecule has 15 heavy (non-hydrogen) atoms. The molecule has 0 bridgehead atoms. The van der Waals surface area contributed by atoms with E-state index in [1.807, 2.05) is 6.07 Å². The van der Waals surface area contributed by atoms with Crippen molar-refractivity contribution in [3.63, 3.8) is 0 Å². The molecule has 1 fully saturated rings. The van der Waals surface area contributed by atoms with Crippen LogP contribution in [0, 0.1) is 0 Å². The Labute approximate surface area is 97.6 Å². The lowest BCUT2D eigenvalue weighted by Crippen LogP contribution is -1.99. The summed E-state index contributed by atoms with van der Waals surface area (Å²) in [5.41, 5.74) is 2.42. The van der Waals surface area contributed by atoms with Crippen LogP contribution < -0.4 is 0 Å². The minimum Gasteiger partial charge on any atom is -0.464 e. The van der Waals surface area contributed by atoms with Crippen LogP contribution in [0.1, 0.15) is 16.6 Å². The molecule has 2 aromatic rings. The van der Waals surface area contributed by atoms with Crippen molar-refractivity contribution in [3.8, 4) is 0 Å². The lowest BCUT2D eigenvalue weighted by Gasteiger charge is -2.21. The molecule has 0 N–H and O–H groups in total. The molecule has 0 amide bonds. The van der Waals surface area contributed by atoms with E-state index in [4.69, 9.17) is 4.42 Å². The van der Waals surface area contributed by atoms with Gasteiger partial charge in [-0.15, -0.1) is 23.5 Å². The smallest absolute Gasteiger partial charge is 0.133 e. The molecule has 1 saturated heterocycles. The molecule has 0 spiro atoms. The van der Waals surface area contributed by atoms with E-state index in [0.717, 1.165) is 5.58 Å². The van der Waals surface area contributed by atoms with Gasteiger partial charge in [0.15, 0.2) is 0 Å². The fourth-order valence-electron chi connectivity index (χ4n) is 1.81. The Hall–Kier alpha value is -0.540. The van der Waals surface area contributed by atoms with E-state index in [9.17, 15) is 0 Å². The molecule has 1 aliphatic heterocycles. The average Bonchev–Trinajstić information content (AvgIpc) is 2.77. The fraction of sp³-hybridized carbons (Fsp3) is 0.333. The Morgan fingerprint density at radius 3 is 2.87 bits per heavy atom. The number of furan rings is 1. The van der Waals surface area contributed by atoms with Crippen molar-refractivity contribution >= 4 is 34.5 Å². The summed E-state index contributed by atoms with van der Waals surface area (Å²) >= 11 is 4.12. The van der Waals surface area contributed by atoms with Gasteiger partial charge in [-0.2, -0.15) is 0 Å². The first-order valence-corrected chi connectivity index (χ1v) is 7.23. The topological polar surface area (TPSA) is 13.1 Å². The third-order valence-electron chi connectivity index (χ3n) is 2.58. The minimum atomic E-state index is 0.623. The largest absolute Gasteiger partial charge is 0.464 e. The zero-order chi connectivity index (χ0) is 10.1. The summed E-state index contributed by atoms with van der Waals surface area (Å²) in [4.78, 5) is 0. The highest BCUT2D eigenvalue weighted by atomic mass is 32.2. The Balaban J connectivity index is 1.95. The van der Waals surface area contributed by atoms with E-state index >= 15 is 0 Å². The van der Waals surface area contributed by atoms with E-state index in [-0.39, 0.29) is 0 Å². The molecule has 2 heterocycles. The van der Waals surface area contributed by atoms with Gasteiger partial charge in [0.1, 0.15) is 5.58 Å². The quantitative estimate of drug-likeness (QED) is 0.732. The van der Waals surface area contributed by atoms with Gasteiger partial charge in [0.25, 0.3) is 0 Å². The molecular formula is C12H12OS2. The average molecular weight is 236 g/mol. The zero-order valence-electron chi connectivity index (χ0n) is 8.31. The first-order valence-electron chi connectivity index (χ1n) is 5.14. The van der Waals surface area contributed by atoms with Gasteiger partial charge in [-0.3, -0.25) is 0 Å². The third-order valence-corrected chi connectivity index (χ3v) is 5.59. The monoisotopic (exact) mass is 236 g/mol. The van der Waals surface area contributed by atoms with Gasteiger partial charge in [0, 0.05) is 5.39 Å². The second kappa shape index (κ2) is 4.14. The molecular weight excluding hydrogens is 224 g/mol. The standard InChI is InChI=1S/C12H12OS2/c1-6-14-12(15-7-1)10-2-3-11-9(8-10)4-5-13-11/h2-5,8,12H,1,6-7H2. The fourth-order valence-corrected chi connectivity index (χ4v) is 4.69. The molecule has 1 aliphatic rings. The van der Waals surface area contributed by atoms with Gasteiger partial charge in [-0.1, -0.05) is 6.07 Å². The van der Waals surface area contributed by atoms with Gasteiger partial charge in [0.05, 0.1) is 10.8 Å². The molecule has 1 aromatic heterocycles. The summed E-state index contributed by atoms with van der Waals surface area (Å²) in [6.45, 7) is 0. The predicted octanol–water partition coefficient (Wildman–Crippen LogP) is 4.30. The van der Waals surface area contributed by atoms with Crippen LogP contribution in [-0.2, 0) is 0 Å². The van der Waals surface area contributed by atoms with Gasteiger partial charge >= 0.3 is 0 Å². The van der Waals surface area contributed by atoms with Crippen LogP contribution in [-0.4, -0.2) is 11.5 Å². The SMILES string of the molecule is c1cc2cc(C3SCCCS3)ccc2o1. The van der Waals surface area contributed by atoms with Crippen molar-refractivity contribution in [2.45, 2.75) is 11.0 Å². The number of thioether (sulfide) groups is 2. The van der Waals surface area contributed by atoms with Crippen LogP contribution in [0.4, 0.5) is 0 Å². The van der Waals surface area contributed by atoms with Crippen LogP contribution in [0.2, 0.25) is 0 Å². The van der Waals surface area contributed by atoms with Crippen molar-refractivity contribution < 1.29 is 4.42 Å². The molecule has 0 saturated carbocycles. The van der Waals surface area contributed by atoms with Crippen molar-refractivity contribution in [2.75, 3.05) is 11.5 Å². The van der Waals surface area contributed by atoms with Gasteiger partial charge in [0.2, 0.25) is 0 Å². The summed E-state index contributed by atoms with van der Waals surface area (Å²) < 4.78 is 5.97. The van der Waals surface area contributed by atoms with E-state index < -0.39 is 0 Å². The van der Waals surface area contributed by atoms with Crippen LogP contribution in [0.15, 0.2) is 34.9 Å². The summed E-state index contributed by atoms with van der Waals surface area (Å²) in [5, 5.41) is 1.22. The first kappa shape index (κ1) is 9.67. The van der Waals surface area contributed by atoms with Crippen molar-refractivity contribution in [3.05, 3.63) is 36.1 Å². The van der Waals surface area contributed by atoms with Gasteiger partial charge in [-0.05, 0) is 41.7 Å². The van der Waals surface area contributed by atoms with Crippen LogP contribution >= 0.6 is 23.5 Å². The molecule has 3 rings (SSSR count). The maximum absolute atomic E-state index is 5.35. The summed E-state index contributed by atoms with van der Waals surface area (Å²) in [6.07, 6.45) is 3.11. The Kier molecular flexibility index (Phi) is 2.67. The molecule has 3 heteroatoms. The van der Waals surface area contributed by atoms with Crippen LogP contribution in [0.3, 0.4) is 0 Å². The summed E-state index contributed by atoms with van der Waals surface area (Å²) in [5.74, 6) is 2.59. The van der Waals surface area contributed by atoms with Crippen LogP contribution in [0.25, 0.3) is 11.0 Å².